The fourth-order valence-electron chi connectivity index (χ4n) is 4.36. The summed E-state index contributed by atoms with van der Waals surface area (Å²) in [5, 5.41) is 1.07. The van der Waals surface area contributed by atoms with Gasteiger partial charge in [0.15, 0.2) is 0 Å². The lowest BCUT2D eigenvalue weighted by Gasteiger charge is -2.33. The average molecular weight is 382 g/mol. The number of benzene rings is 1. The highest BCUT2D eigenvalue weighted by Gasteiger charge is 2.38. The maximum Gasteiger partial charge on any atom is 0.241 e. The number of para-hydroxylation sites is 1. The Hall–Kier alpha value is -2.18. The van der Waals surface area contributed by atoms with Crippen molar-refractivity contribution in [3.8, 4) is 0 Å². The van der Waals surface area contributed by atoms with Gasteiger partial charge in [-0.05, 0) is 36.8 Å². The molecule has 6 nitrogen and oxygen atoms in total. The monoisotopic (exact) mass is 381 g/mol. The van der Waals surface area contributed by atoms with E-state index < -0.39 is 0 Å². The van der Waals surface area contributed by atoms with Crippen molar-refractivity contribution in [2.24, 2.45) is 5.41 Å². The lowest BCUT2D eigenvalue weighted by molar-refractivity contribution is -0.134. The summed E-state index contributed by atoms with van der Waals surface area (Å²) in [5.41, 5.74) is 15.7. The van der Waals surface area contributed by atoms with Crippen molar-refractivity contribution in [3.63, 3.8) is 0 Å². The third-order valence-electron chi connectivity index (χ3n) is 6.22. The number of fused-ring (bicyclic) bond motifs is 1. The van der Waals surface area contributed by atoms with Crippen LogP contribution in [0.5, 0.6) is 0 Å². The van der Waals surface area contributed by atoms with Crippen molar-refractivity contribution in [3.05, 3.63) is 36.0 Å². The zero-order valence-electron chi connectivity index (χ0n) is 17.0. The topological polar surface area (TPSA) is 83.3 Å². The summed E-state index contributed by atoms with van der Waals surface area (Å²) < 4.78 is 0. The number of piperidine rings is 1. The van der Waals surface area contributed by atoms with E-state index in [0.717, 1.165) is 54.6 Å². The third kappa shape index (κ3) is 3.71. The fourth-order valence-corrected chi connectivity index (χ4v) is 4.36. The third-order valence-corrected chi connectivity index (χ3v) is 6.22. The number of nitrogens with two attached hydrogens (primary N) is 1. The number of carbonyl (C=O) groups is 1. The number of hydrazine groups is 1. The molecule has 0 aliphatic carbocycles. The summed E-state index contributed by atoms with van der Waals surface area (Å²) in [4.78, 5) is 19.8. The minimum Gasteiger partial charge on any atom is -0.397 e. The Labute approximate surface area is 166 Å². The SMILES string of the molecule is CC(C)(C)C1CC(C(=O)N2CCC(c3nc4ccccc4cc3N)CC2)NN1. The minimum atomic E-state index is -0.135. The summed E-state index contributed by atoms with van der Waals surface area (Å²) in [6.45, 7) is 8.12. The average Bonchev–Trinajstić information content (AvgIpc) is 3.18. The molecule has 0 spiro atoms. The molecule has 2 unspecified atom stereocenters. The molecule has 4 N–H and O–H groups in total. The van der Waals surface area contributed by atoms with Gasteiger partial charge < -0.3 is 10.6 Å². The molecule has 4 rings (SSSR count). The van der Waals surface area contributed by atoms with Crippen molar-refractivity contribution < 1.29 is 4.79 Å². The largest absolute Gasteiger partial charge is 0.397 e. The number of nitrogens with one attached hydrogen (secondary N) is 2. The van der Waals surface area contributed by atoms with Crippen LogP contribution in [0.3, 0.4) is 0 Å². The number of hydrogen-bond donors (Lipinski definition) is 3. The Morgan fingerprint density at radius 1 is 1.18 bits per heavy atom. The number of pyridine rings is 1. The van der Waals surface area contributed by atoms with Crippen molar-refractivity contribution in [2.45, 2.75) is 58.0 Å². The van der Waals surface area contributed by atoms with Gasteiger partial charge in [-0.1, -0.05) is 39.0 Å². The number of hydrogen-bond acceptors (Lipinski definition) is 5. The second-order valence-corrected chi connectivity index (χ2v) is 9.25. The first kappa shape index (κ1) is 19.2. The van der Waals surface area contributed by atoms with Crippen molar-refractivity contribution >= 4 is 22.5 Å². The Morgan fingerprint density at radius 3 is 2.57 bits per heavy atom. The second kappa shape index (κ2) is 7.33. The van der Waals surface area contributed by atoms with E-state index in [0.29, 0.717) is 12.0 Å². The number of nitrogen functional groups attached to an aromatic ring is 1. The molecule has 2 aliphatic rings. The van der Waals surface area contributed by atoms with Crippen molar-refractivity contribution in [2.75, 3.05) is 18.8 Å². The molecule has 0 bridgehead atoms. The van der Waals surface area contributed by atoms with Crippen LogP contribution < -0.4 is 16.6 Å². The lowest BCUT2D eigenvalue weighted by atomic mass is 9.84. The van der Waals surface area contributed by atoms with Gasteiger partial charge in [0.05, 0.1) is 16.9 Å². The molecule has 1 aromatic carbocycles. The van der Waals surface area contributed by atoms with Crippen LogP contribution in [0.1, 0.15) is 51.6 Å². The fraction of sp³-hybridized carbons (Fsp3) is 0.545. The molecule has 2 aromatic rings. The molecule has 2 saturated heterocycles. The van der Waals surface area contributed by atoms with E-state index in [9.17, 15) is 4.79 Å². The highest BCUT2D eigenvalue weighted by molar-refractivity contribution is 5.83. The molecular weight excluding hydrogens is 350 g/mol. The van der Waals surface area contributed by atoms with Crippen LogP contribution in [0.4, 0.5) is 5.69 Å². The standard InChI is InChI=1S/C22H31N5O/c1-22(2,3)19-13-18(25-26-19)21(28)27-10-8-14(9-11-27)20-16(23)12-15-6-4-5-7-17(15)24-20/h4-7,12,14,18-19,25-26H,8-11,13,23H2,1-3H3. The number of nitrogens with zero attached hydrogens (tertiary/aromatic N) is 2. The zero-order chi connectivity index (χ0) is 19.9. The van der Waals surface area contributed by atoms with Crippen LogP contribution in [-0.4, -0.2) is 41.0 Å². The number of rotatable bonds is 2. The second-order valence-electron chi connectivity index (χ2n) is 9.25. The van der Waals surface area contributed by atoms with E-state index in [1.54, 1.807) is 0 Å². The first-order valence-electron chi connectivity index (χ1n) is 10.3. The van der Waals surface area contributed by atoms with Crippen molar-refractivity contribution in [1.82, 2.24) is 20.7 Å². The van der Waals surface area contributed by atoms with Gasteiger partial charge in [0, 0.05) is 30.4 Å². The normalized spacial score (nSPS) is 24.0. The summed E-state index contributed by atoms with van der Waals surface area (Å²) in [5.74, 6) is 0.516. The Morgan fingerprint density at radius 2 is 1.89 bits per heavy atom. The summed E-state index contributed by atoms with van der Waals surface area (Å²) in [6.07, 6.45) is 2.65. The molecule has 2 atom stereocenters. The molecule has 28 heavy (non-hydrogen) atoms. The van der Waals surface area contributed by atoms with Gasteiger partial charge in [0.2, 0.25) is 5.91 Å². The zero-order valence-corrected chi connectivity index (χ0v) is 17.0. The van der Waals surface area contributed by atoms with Crippen LogP contribution in [0, 0.1) is 5.41 Å². The van der Waals surface area contributed by atoms with E-state index in [4.69, 9.17) is 10.7 Å². The summed E-state index contributed by atoms with van der Waals surface area (Å²) in [6, 6.07) is 10.3. The molecule has 6 heteroatoms. The molecule has 3 heterocycles. The summed E-state index contributed by atoms with van der Waals surface area (Å²) in [7, 11) is 0. The van der Waals surface area contributed by atoms with E-state index >= 15 is 0 Å². The first-order valence-corrected chi connectivity index (χ1v) is 10.3. The van der Waals surface area contributed by atoms with E-state index in [-0.39, 0.29) is 17.4 Å². The molecular formula is C22H31N5O. The number of aromatic nitrogens is 1. The van der Waals surface area contributed by atoms with Crippen LogP contribution in [0.2, 0.25) is 0 Å². The van der Waals surface area contributed by atoms with Gasteiger partial charge in [-0.15, -0.1) is 0 Å². The van der Waals surface area contributed by atoms with Crippen LogP contribution in [-0.2, 0) is 4.79 Å². The van der Waals surface area contributed by atoms with Crippen LogP contribution in [0.15, 0.2) is 30.3 Å². The van der Waals surface area contributed by atoms with Crippen LogP contribution in [0.25, 0.3) is 10.9 Å². The maximum absolute atomic E-state index is 12.9. The predicted octanol–water partition coefficient (Wildman–Crippen LogP) is 2.80. The number of likely N-dealkylation sites (tertiary alicyclic amines) is 1. The highest BCUT2D eigenvalue weighted by Crippen LogP contribution is 2.33. The Bertz CT molecular complexity index is 867. The Kier molecular flexibility index (Phi) is 5.02. The number of amides is 1. The number of anilines is 1. The van der Waals surface area contributed by atoms with Gasteiger partial charge in [-0.3, -0.25) is 15.2 Å². The molecule has 2 fully saturated rings. The van der Waals surface area contributed by atoms with E-state index in [1.807, 2.05) is 35.2 Å². The Balaban J connectivity index is 1.40. The lowest BCUT2D eigenvalue weighted by Crippen LogP contribution is -2.48. The van der Waals surface area contributed by atoms with E-state index in [1.165, 1.54) is 0 Å². The quantitative estimate of drug-likeness (QED) is 0.745. The van der Waals surface area contributed by atoms with Gasteiger partial charge in [0.1, 0.15) is 6.04 Å². The van der Waals surface area contributed by atoms with Gasteiger partial charge >= 0.3 is 0 Å². The van der Waals surface area contributed by atoms with Gasteiger partial charge in [0.25, 0.3) is 0 Å². The molecule has 0 radical (unpaired) electrons. The first-order chi connectivity index (χ1) is 13.3. The molecule has 1 amide bonds. The van der Waals surface area contributed by atoms with Crippen molar-refractivity contribution in [1.29, 1.82) is 0 Å². The van der Waals surface area contributed by atoms with Crippen LogP contribution >= 0.6 is 0 Å². The maximum atomic E-state index is 12.9. The van der Waals surface area contributed by atoms with E-state index in [2.05, 4.69) is 31.6 Å². The predicted molar refractivity (Wildman–Crippen MR) is 113 cm³/mol. The molecule has 2 aliphatic heterocycles. The van der Waals surface area contributed by atoms with Gasteiger partial charge in [-0.2, -0.15) is 0 Å². The summed E-state index contributed by atoms with van der Waals surface area (Å²) >= 11 is 0. The van der Waals surface area contributed by atoms with Gasteiger partial charge in [-0.25, -0.2) is 5.43 Å². The molecule has 1 aromatic heterocycles. The minimum absolute atomic E-state index is 0.133. The smallest absolute Gasteiger partial charge is 0.241 e. The molecule has 150 valence electrons. The molecule has 0 saturated carbocycles. The number of carbonyl (C=O) groups excluding carboxylic acids is 1. The highest BCUT2D eigenvalue weighted by atomic mass is 16.2.